The maximum Gasteiger partial charge on any atom is 0.253 e. The number of nitrogens with zero attached hydrogens (tertiary/aromatic N) is 5. The van der Waals surface area contributed by atoms with Crippen LogP contribution in [0.25, 0.3) is 39.5 Å². The minimum atomic E-state index is -0.243. The Morgan fingerprint density at radius 3 is 2.45 bits per heavy atom. The van der Waals surface area contributed by atoms with Crippen molar-refractivity contribution in [3.05, 3.63) is 90.1 Å². The van der Waals surface area contributed by atoms with Crippen molar-refractivity contribution in [3.8, 4) is 28.3 Å². The quantitative estimate of drug-likeness (QED) is 0.357. The second kappa shape index (κ2) is 9.08. The fraction of sp³-hybridized carbons (Fsp3) is 0.200. The molecule has 1 aliphatic carbocycles. The van der Waals surface area contributed by atoms with E-state index in [-0.39, 0.29) is 11.4 Å². The van der Waals surface area contributed by atoms with Gasteiger partial charge in [-0.25, -0.2) is 15.0 Å². The van der Waals surface area contributed by atoms with Gasteiger partial charge in [0.1, 0.15) is 11.3 Å². The minimum absolute atomic E-state index is 0.0588. The van der Waals surface area contributed by atoms with E-state index in [4.69, 9.17) is 21.4 Å². The molecule has 2 aromatic carbocycles. The summed E-state index contributed by atoms with van der Waals surface area (Å²) in [5, 5.41) is 0. The largest absolute Gasteiger partial charge is 0.383 e. The molecule has 38 heavy (non-hydrogen) atoms. The summed E-state index contributed by atoms with van der Waals surface area (Å²) in [5.74, 6) is 0.994. The molecule has 1 aliphatic rings. The molecule has 190 valence electrons. The SMILES string of the molecule is CN(C)C(=O)c1cccc(-c2ccc3nc(-c4cccnc4N)n(-c4ccc(C5(N)CCC5)cc4)c3n2)c1. The number of fused-ring (bicyclic) bond motifs is 1. The van der Waals surface area contributed by atoms with Crippen molar-refractivity contribution in [2.45, 2.75) is 24.8 Å². The van der Waals surface area contributed by atoms with Crippen molar-refractivity contribution < 1.29 is 4.79 Å². The third kappa shape index (κ3) is 3.99. The van der Waals surface area contributed by atoms with Crippen LogP contribution in [-0.2, 0) is 5.54 Å². The summed E-state index contributed by atoms with van der Waals surface area (Å²) in [6.07, 6.45) is 4.82. The molecule has 0 aliphatic heterocycles. The van der Waals surface area contributed by atoms with E-state index in [1.807, 2.05) is 53.1 Å². The van der Waals surface area contributed by atoms with E-state index in [2.05, 4.69) is 29.2 Å². The van der Waals surface area contributed by atoms with Crippen molar-refractivity contribution in [2.75, 3.05) is 19.8 Å². The molecule has 3 heterocycles. The number of carbonyl (C=O) groups excluding carboxylic acids is 1. The van der Waals surface area contributed by atoms with Crippen molar-refractivity contribution in [1.82, 2.24) is 24.4 Å². The fourth-order valence-corrected chi connectivity index (χ4v) is 5.01. The van der Waals surface area contributed by atoms with E-state index in [9.17, 15) is 4.79 Å². The third-order valence-electron chi connectivity index (χ3n) is 7.34. The van der Waals surface area contributed by atoms with Crippen molar-refractivity contribution >= 4 is 22.9 Å². The minimum Gasteiger partial charge on any atom is -0.383 e. The first-order valence-electron chi connectivity index (χ1n) is 12.7. The molecule has 0 spiro atoms. The number of nitrogens with two attached hydrogens (primary N) is 2. The van der Waals surface area contributed by atoms with Crippen LogP contribution in [0.4, 0.5) is 5.82 Å². The molecule has 6 rings (SSSR count). The van der Waals surface area contributed by atoms with Gasteiger partial charge in [0.15, 0.2) is 11.5 Å². The third-order valence-corrected chi connectivity index (χ3v) is 7.34. The summed E-state index contributed by atoms with van der Waals surface area (Å²) in [5.41, 5.74) is 19.0. The van der Waals surface area contributed by atoms with E-state index in [1.165, 1.54) is 0 Å². The molecule has 5 aromatic rings. The average Bonchev–Trinajstić information content (AvgIpc) is 3.30. The predicted octanol–water partition coefficient (Wildman–Crippen LogP) is 4.77. The van der Waals surface area contributed by atoms with Crippen LogP contribution >= 0.6 is 0 Å². The standard InChI is InChI=1S/C30H29N7O/c1-36(2)29(38)20-7-3-6-19(18-20)24-13-14-25-28(34-24)37(27(35-25)23-8-4-17-33-26(23)31)22-11-9-21(10-12-22)30(32)15-5-16-30/h3-4,6-14,17-18H,5,15-16,32H2,1-2H3,(H2,31,33). The van der Waals surface area contributed by atoms with Gasteiger partial charge in [0.05, 0.1) is 11.3 Å². The van der Waals surface area contributed by atoms with Gasteiger partial charge in [0, 0.05) is 42.6 Å². The van der Waals surface area contributed by atoms with Gasteiger partial charge in [0.25, 0.3) is 5.91 Å². The molecule has 8 heteroatoms. The second-order valence-electron chi connectivity index (χ2n) is 10.1. The highest BCUT2D eigenvalue weighted by Gasteiger charge is 2.34. The van der Waals surface area contributed by atoms with E-state index in [0.717, 1.165) is 52.9 Å². The van der Waals surface area contributed by atoms with Gasteiger partial charge in [0.2, 0.25) is 0 Å². The zero-order valence-electron chi connectivity index (χ0n) is 21.4. The van der Waals surface area contributed by atoms with Gasteiger partial charge in [-0.2, -0.15) is 0 Å². The molecule has 0 unspecified atom stereocenters. The van der Waals surface area contributed by atoms with Crippen LogP contribution in [0.15, 0.2) is 79.0 Å². The van der Waals surface area contributed by atoms with Crippen molar-refractivity contribution in [1.29, 1.82) is 0 Å². The zero-order chi connectivity index (χ0) is 26.4. The average molecular weight is 504 g/mol. The predicted molar refractivity (Wildman–Crippen MR) is 150 cm³/mol. The number of anilines is 1. The maximum atomic E-state index is 12.6. The Hall–Kier alpha value is -4.56. The monoisotopic (exact) mass is 503 g/mol. The topological polar surface area (TPSA) is 116 Å². The first-order chi connectivity index (χ1) is 18.3. The Balaban J connectivity index is 1.52. The number of aromatic nitrogens is 4. The molecule has 4 N–H and O–H groups in total. The Morgan fingerprint density at radius 2 is 1.76 bits per heavy atom. The zero-order valence-corrected chi connectivity index (χ0v) is 21.4. The van der Waals surface area contributed by atoms with Crippen molar-refractivity contribution in [3.63, 3.8) is 0 Å². The van der Waals surface area contributed by atoms with E-state index < -0.39 is 0 Å². The number of rotatable bonds is 5. The molecular formula is C30H29N7O. The van der Waals surface area contributed by atoms with Crippen LogP contribution in [0, 0.1) is 0 Å². The molecule has 3 aromatic heterocycles. The molecule has 1 saturated carbocycles. The molecule has 8 nitrogen and oxygen atoms in total. The van der Waals surface area contributed by atoms with Gasteiger partial charge in [-0.05, 0) is 73.4 Å². The Bertz CT molecular complexity index is 1670. The van der Waals surface area contributed by atoms with Crippen LogP contribution in [0.1, 0.15) is 35.2 Å². The molecule has 0 saturated heterocycles. The van der Waals surface area contributed by atoms with E-state index in [0.29, 0.717) is 22.9 Å². The number of benzene rings is 2. The number of hydrogen-bond acceptors (Lipinski definition) is 6. The summed E-state index contributed by atoms with van der Waals surface area (Å²) < 4.78 is 2.01. The molecule has 0 bridgehead atoms. The van der Waals surface area contributed by atoms with E-state index >= 15 is 0 Å². The van der Waals surface area contributed by atoms with Crippen LogP contribution in [-0.4, -0.2) is 44.4 Å². The Morgan fingerprint density at radius 1 is 0.974 bits per heavy atom. The van der Waals surface area contributed by atoms with Gasteiger partial charge in [-0.3, -0.25) is 9.36 Å². The Labute approximate surface area is 221 Å². The highest BCUT2D eigenvalue weighted by atomic mass is 16.2. The highest BCUT2D eigenvalue weighted by Crippen LogP contribution is 2.39. The van der Waals surface area contributed by atoms with Gasteiger partial charge >= 0.3 is 0 Å². The molecular weight excluding hydrogens is 474 g/mol. The summed E-state index contributed by atoms with van der Waals surface area (Å²) in [6.45, 7) is 0. The lowest BCUT2D eigenvalue weighted by molar-refractivity contribution is 0.0827. The molecule has 1 fully saturated rings. The molecule has 0 radical (unpaired) electrons. The molecule has 0 atom stereocenters. The fourth-order valence-electron chi connectivity index (χ4n) is 5.01. The first-order valence-corrected chi connectivity index (χ1v) is 12.7. The number of hydrogen-bond donors (Lipinski definition) is 2. The van der Waals surface area contributed by atoms with Crippen LogP contribution in [0.2, 0.25) is 0 Å². The normalized spacial score (nSPS) is 14.3. The summed E-state index contributed by atoms with van der Waals surface area (Å²) in [4.78, 5) is 28.4. The first kappa shape index (κ1) is 23.8. The number of nitrogen functional groups attached to an aromatic ring is 1. The summed E-state index contributed by atoms with van der Waals surface area (Å²) in [6, 6.07) is 23.4. The number of imidazole rings is 1. The maximum absolute atomic E-state index is 12.6. The highest BCUT2D eigenvalue weighted by molar-refractivity contribution is 5.95. The molecule has 1 amide bonds. The lowest BCUT2D eigenvalue weighted by Gasteiger charge is -2.38. The number of amides is 1. The van der Waals surface area contributed by atoms with Gasteiger partial charge < -0.3 is 16.4 Å². The van der Waals surface area contributed by atoms with Crippen LogP contribution < -0.4 is 11.5 Å². The lowest BCUT2D eigenvalue weighted by atomic mass is 9.73. The summed E-state index contributed by atoms with van der Waals surface area (Å²) in [7, 11) is 3.48. The van der Waals surface area contributed by atoms with Crippen LogP contribution in [0.3, 0.4) is 0 Å². The lowest BCUT2D eigenvalue weighted by Crippen LogP contribution is -2.43. The smallest absolute Gasteiger partial charge is 0.253 e. The Kier molecular flexibility index (Phi) is 5.69. The summed E-state index contributed by atoms with van der Waals surface area (Å²) >= 11 is 0. The van der Waals surface area contributed by atoms with E-state index in [1.54, 1.807) is 25.2 Å². The van der Waals surface area contributed by atoms with Gasteiger partial charge in [-0.15, -0.1) is 0 Å². The second-order valence-corrected chi connectivity index (χ2v) is 10.1. The number of pyridine rings is 2. The van der Waals surface area contributed by atoms with Crippen LogP contribution in [0.5, 0.6) is 0 Å². The number of carbonyl (C=O) groups is 1. The van der Waals surface area contributed by atoms with Gasteiger partial charge in [-0.1, -0.05) is 24.3 Å². The van der Waals surface area contributed by atoms with Crippen molar-refractivity contribution in [2.24, 2.45) is 5.73 Å².